The molecule has 0 radical (unpaired) electrons. The van der Waals surface area contributed by atoms with Crippen molar-refractivity contribution in [3.05, 3.63) is 52.6 Å². The zero-order valence-corrected chi connectivity index (χ0v) is 12.0. The van der Waals surface area contributed by atoms with Gasteiger partial charge in [-0.25, -0.2) is 4.98 Å². The number of aromatic nitrogens is 1. The summed E-state index contributed by atoms with van der Waals surface area (Å²) < 4.78 is 0.947. The standard InChI is InChI=1S/C13H13BrN2OS/c14-10-4-5-13(16-7-10)18-8-12(17)9-2-1-3-11(15)6-9/h1-7,12,17H,8,15H2. The molecule has 1 atom stereocenters. The van der Waals surface area contributed by atoms with Gasteiger partial charge < -0.3 is 10.8 Å². The second-order valence-electron chi connectivity index (χ2n) is 3.81. The molecule has 94 valence electrons. The van der Waals surface area contributed by atoms with E-state index in [0.717, 1.165) is 15.1 Å². The van der Waals surface area contributed by atoms with E-state index >= 15 is 0 Å². The number of aliphatic hydroxyl groups is 1. The second kappa shape index (κ2) is 6.22. The Hall–Kier alpha value is -1.04. The van der Waals surface area contributed by atoms with Crippen LogP contribution in [0.1, 0.15) is 11.7 Å². The lowest BCUT2D eigenvalue weighted by molar-refractivity contribution is 0.204. The van der Waals surface area contributed by atoms with Gasteiger partial charge in [0.25, 0.3) is 0 Å². The highest BCUT2D eigenvalue weighted by molar-refractivity contribution is 9.10. The maximum Gasteiger partial charge on any atom is 0.0961 e. The summed E-state index contributed by atoms with van der Waals surface area (Å²) in [6.07, 6.45) is 1.21. The van der Waals surface area contributed by atoms with Crippen LogP contribution in [0.4, 0.5) is 5.69 Å². The number of rotatable bonds is 4. The van der Waals surface area contributed by atoms with E-state index in [1.165, 1.54) is 11.8 Å². The molecular formula is C13H13BrN2OS. The molecule has 0 aliphatic rings. The van der Waals surface area contributed by atoms with Gasteiger partial charge in [0, 0.05) is 22.1 Å². The van der Waals surface area contributed by atoms with Crippen LogP contribution in [0.3, 0.4) is 0 Å². The molecule has 1 aromatic carbocycles. The Bertz CT molecular complexity index is 519. The third kappa shape index (κ3) is 3.73. The summed E-state index contributed by atoms with van der Waals surface area (Å²) >= 11 is 4.85. The molecule has 0 saturated heterocycles. The highest BCUT2D eigenvalue weighted by Crippen LogP contribution is 2.24. The number of aliphatic hydroxyl groups excluding tert-OH is 1. The minimum Gasteiger partial charge on any atom is -0.399 e. The topological polar surface area (TPSA) is 59.1 Å². The molecule has 3 N–H and O–H groups in total. The monoisotopic (exact) mass is 324 g/mol. The molecule has 3 nitrogen and oxygen atoms in total. The summed E-state index contributed by atoms with van der Waals surface area (Å²) in [5.41, 5.74) is 7.18. The van der Waals surface area contributed by atoms with Gasteiger partial charge in [0.05, 0.1) is 11.1 Å². The Morgan fingerprint density at radius 2 is 2.17 bits per heavy atom. The lowest BCUT2D eigenvalue weighted by Gasteiger charge is -2.10. The fraction of sp³-hybridized carbons (Fsp3) is 0.154. The molecule has 2 rings (SSSR count). The van der Waals surface area contributed by atoms with Gasteiger partial charge in [0.1, 0.15) is 0 Å². The first-order valence-electron chi connectivity index (χ1n) is 5.43. The quantitative estimate of drug-likeness (QED) is 0.669. The molecule has 1 aromatic heterocycles. The van der Waals surface area contributed by atoms with Crippen molar-refractivity contribution < 1.29 is 5.11 Å². The average molecular weight is 325 g/mol. The van der Waals surface area contributed by atoms with Gasteiger partial charge >= 0.3 is 0 Å². The first kappa shape index (κ1) is 13.4. The molecule has 0 saturated carbocycles. The number of anilines is 1. The summed E-state index contributed by atoms with van der Waals surface area (Å²) in [6.45, 7) is 0. The molecule has 0 aliphatic carbocycles. The molecule has 0 spiro atoms. The largest absolute Gasteiger partial charge is 0.399 e. The van der Waals surface area contributed by atoms with E-state index in [-0.39, 0.29) is 0 Å². The van der Waals surface area contributed by atoms with E-state index < -0.39 is 6.10 Å². The number of nitrogen functional groups attached to an aromatic ring is 1. The highest BCUT2D eigenvalue weighted by atomic mass is 79.9. The molecule has 0 bridgehead atoms. The molecule has 5 heteroatoms. The number of halogens is 1. The predicted molar refractivity (Wildman–Crippen MR) is 78.5 cm³/mol. The SMILES string of the molecule is Nc1cccc(C(O)CSc2ccc(Br)cn2)c1. The van der Waals surface area contributed by atoms with Crippen LogP contribution in [0.15, 0.2) is 52.1 Å². The summed E-state index contributed by atoms with van der Waals surface area (Å²) in [5.74, 6) is 0.554. The van der Waals surface area contributed by atoms with Crippen molar-refractivity contribution in [1.82, 2.24) is 4.98 Å². The van der Waals surface area contributed by atoms with Crippen molar-refractivity contribution in [3.8, 4) is 0 Å². The Labute approximate surface area is 119 Å². The van der Waals surface area contributed by atoms with Gasteiger partial charge in [-0.2, -0.15) is 0 Å². The fourth-order valence-electron chi connectivity index (χ4n) is 1.47. The van der Waals surface area contributed by atoms with Crippen LogP contribution in [-0.2, 0) is 0 Å². The second-order valence-corrected chi connectivity index (χ2v) is 5.77. The van der Waals surface area contributed by atoms with Crippen molar-refractivity contribution in [3.63, 3.8) is 0 Å². The van der Waals surface area contributed by atoms with Crippen LogP contribution >= 0.6 is 27.7 Å². The molecule has 2 aromatic rings. The van der Waals surface area contributed by atoms with Gasteiger partial charge in [0.2, 0.25) is 0 Å². The third-order valence-corrected chi connectivity index (χ3v) is 3.87. The zero-order chi connectivity index (χ0) is 13.0. The predicted octanol–water partition coefficient (Wildman–Crippen LogP) is 3.25. The minimum atomic E-state index is -0.538. The van der Waals surface area contributed by atoms with E-state index in [2.05, 4.69) is 20.9 Å². The van der Waals surface area contributed by atoms with Crippen molar-refractivity contribution in [2.75, 3.05) is 11.5 Å². The lowest BCUT2D eigenvalue weighted by atomic mass is 10.1. The summed E-state index contributed by atoms with van der Waals surface area (Å²) in [6, 6.07) is 11.2. The summed E-state index contributed by atoms with van der Waals surface area (Å²) in [5, 5.41) is 10.9. The van der Waals surface area contributed by atoms with Crippen LogP contribution in [0.25, 0.3) is 0 Å². The van der Waals surface area contributed by atoms with Gasteiger partial charge in [0.15, 0.2) is 0 Å². The number of hydrogen-bond acceptors (Lipinski definition) is 4. The molecule has 0 amide bonds. The van der Waals surface area contributed by atoms with E-state index in [9.17, 15) is 5.11 Å². The van der Waals surface area contributed by atoms with Crippen LogP contribution in [0.5, 0.6) is 0 Å². The summed E-state index contributed by atoms with van der Waals surface area (Å²) in [7, 11) is 0. The van der Waals surface area contributed by atoms with Crippen molar-refractivity contribution in [2.45, 2.75) is 11.1 Å². The number of nitrogens with two attached hydrogens (primary N) is 1. The number of thioether (sulfide) groups is 1. The molecule has 1 heterocycles. The van der Waals surface area contributed by atoms with Gasteiger partial charge in [-0.05, 0) is 45.8 Å². The van der Waals surface area contributed by atoms with Crippen LogP contribution in [0, 0.1) is 0 Å². The molecule has 1 unspecified atom stereocenters. The Morgan fingerprint density at radius 3 is 2.83 bits per heavy atom. The van der Waals surface area contributed by atoms with E-state index in [4.69, 9.17) is 5.73 Å². The summed E-state index contributed by atoms with van der Waals surface area (Å²) in [4.78, 5) is 4.24. The third-order valence-electron chi connectivity index (χ3n) is 2.38. The number of nitrogens with zero attached hydrogens (tertiary/aromatic N) is 1. The molecule has 0 fully saturated rings. The van der Waals surface area contributed by atoms with E-state index in [0.29, 0.717) is 11.4 Å². The van der Waals surface area contributed by atoms with Crippen LogP contribution in [-0.4, -0.2) is 15.8 Å². The smallest absolute Gasteiger partial charge is 0.0961 e. The Balaban J connectivity index is 1.96. The van der Waals surface area contributed by atoms with E-state index in [1.807, 2.05) is 24.3 Å². The van der Waals surface area contributed by atoms with Gasteiger partial charge in [-0.1, -0.05) is 12.1 Å². The number of benzene rings is 1. The van der Waals surface area contributed by atoms with Crippen LogP contribution < -0.4 is 5.73 Å². The van der Waals surface area contributed by atoms with Crippen molar-refractivity contribution in [1.29, 1.82) is 0 Å². The normalized spacial score (nSPS) is 12.3. The Morgan fingerprint density at radius 1 is 1.33 bits per heavy atom. The highest BCUT2D eigenvalue weighted by Gasteiger charge is 2.08. The van der Waals surface area contributed by atoms with Gasteiger partial charge in [-0.15, -0.1) is 11.8 Å². The lowest BCUT2D eigenvalue weighted by Crippen LogP contribution is -2.01. The van der Waals surface area contributed by atoms with Gasteiger partial charge in [-0.3, -0.25) is 0 Å². The molecular weight excluding hydrogens is 312 g/mol. The van der Waals surface area contributed by atoms with Crippen molar-refractivity contribution in [2.24, 2.45) is 0 Å². The maximum atomic E-state index is 10.0. The van der Waals surface area contributed by atoms with Crippen molar-refractivity contribution >= 4 is 33.4 Å². The maximum absolute atomic E-state index is 10.0. The molecule has 0 aliphatic heterocycles. The number of hydrogen-bond donors (Lipinski definition) is 2. The Kier molecular flexibility index (Phi) is 4.63. The average Bonchev–Trinajstić information content (AvgIpc) is 2.38. The molecule has 18 heavy (non-hydrogen) atoms. The van der Waals surface area contributed by atoms with Crippen LogP contribution in [0.2, 0.25) is 0 Å². The number of pyridine rings is 1. The van der Waals surface area contributed by atoms with E-state index in [1.54, 1.807) is 18.3 Å². The first-order chi connectivity index (χ1) is 8.65. The minimum absolute atomic E-state index is 0.538. The first-order valence-corrected chi connectivity index (χ1v) is 7.21. The zero-order valence-electron chi connectivity index (χ0n) is 9.58. The fourth-order valence-corrected chi connectivity index (χ4v) is 2.52.